The van der Waals surface area contributed by atoms with Gasteiger partial charge in [-0.1, -0.05) is 11.6 Å². The summed E-state index contributed by atoms with van der Waals surface area (Å²) in [5.41, 5.74) is 1.32. The molecule has 2 rings (SSSR count). The highest BCUT2D eigenvalue weighted by Gasteiger charge is 2.14. The van der Waals surface area contributed by atoms with Crippen LogP contribution in [0.1, 0.15) is 20.4 Å². The highest BCUT2D eigenvalue weighted by molar-refractivity contribution is 9.10. The molecule has 0 radical (unpaired) electrons. The number of nitrogens with zero attached hydrogens (tertiary/aromatic N) is 2. The van der Waals surface area contributed by atoms with Gasteiger partial charge in [-0.25, -0.2) is 9.97 Å². The average molecular weight is 347 g/mol. The Morgan fingerprint density at radius 2 is 2.22 bits per heavy atom. The number of aryl methyl sites for hydroxylation is 2. The average Bonchev–Trinajstić information content (AvgIpc) is 2.63. The molecule has 0 fully saturated rings. The smallest absolute Gasteiger partial charge is 0.267 e. The van der Waals surface area contributed by atoms with Gasteiger partial charge in [0.15, 0.2) is 0 Å². The van der Waals surface area contributed by atoms with Crippen molar-refractivity contribution in [2.75, 3.05) is 5.32 Å². The molecule has 7 heteroatoms. The third kappa shape index (κ3) is 2.88. The monoisotopic (exact) mass is 345 g/mol. The van der Waals surface area contributed by atoms with Gasteiger partial charge in [0.25, 0.3) is 5.91 Å². The van der Waals surface area contributed by atoms with E-state index in [9.17, 15) is 4.79 Å². The maximum atomic E-state index is 12.0. The number of hydrogen-bond acceptors (Lipinski definition) is 4. The van der Waals surface area contributed by atoms with E-state index in [2.05, 4.69) is 31.2 Å². The number of anilines is 1. The van der Waals surface area contributed by atoms with Crippen molar-refractivity contribution in [3.8, 4) is 0 Å². The molecule has 2 heterocycles. The van der Waals surface area contributed by atoms with Crippen molar-refractivity contribution in [1.29, 1.82) is 0 Å². The number of nitrogens with one attached hydrogen (secondary N) is 1. The second-order valence-electron chi connectivity index (χ2n) is 3.60. The molecule has 1 amide bonds. The number of thiazole rings is 1. The van der Waals surface area contributed by atoms with Gasteiger partial charge in [-0.15, -0.1) is 11.3 Å². The van der Waals surface area contributed by atoms with Gasteiger partial charge in [0.1, 0.15) is 10.0 Å². The van der Waals surface area contributed by atoms with Crippen LogP contribution in [-0.4, -0.2) is 15.9 Å². The van der Waals surface area contributed by atoms with Gasteiger partial charge < -0.3 is 5.32 Å². The second-order valence-corrected chi connectivity index (χ2v) is 6.01. The zero-order chi connectivity index (χ0) is 13.3. The standard InChI is InChI=1S/C11H9BrClN3OS/c1-5-9(18-6(2)15-5)11(17)16-7-3-8(12)10(13)14-4-7/h3-4H,1-2H3,(H,16,17). The zero-order valence-electron chi connectivity index (χ0n) is 9.62. The van der Waals surface area contributed by atoms with Crippen molar-refractivity contribution in [3.05, 3.63) is 37.5 Å². The van der Waals surface area contributed by atoms with Crippen molar-refractivity contribution in [1.82, 2.24) is 9.97 Å². The summed E-state index contributed by atoms with van der Waals surface area (Å²) in [7, 11) is 0. The number of amides is 1. The Kier molecular flexibility index (Phi) is 3.99. The highest BCUT2D eigenvalue weighted by Crippen LogP contribution is 2.24. The number of hydrogen-bond donors (Lipinski definition) is 1. The normalized spacial score (nSPS) is 10.4. The lowest BCUT2D eigenvalue weighted by Gasteiger charge is -2.04. The van der Waals surface area contributed by atoms with Crippen LogP contribution >= 0.6 is 38.9 Å². The van der Waals surface area contributed by atoms with Gasteiger partial charge >= 0.3 is 0 Å². The van der Waals surface area contributed by atoms with Gasteiger partial charge in [0.2, 0.25) is 0 Å². The third-order valence-corrected chi connectivity index (χ3v) is 4.37. The van der Waals surface area contributed by atoms with Gasteiger partial charge in [0, 0.05) is 0 Å². The maximum Gasteiger partial charge on any atom is 0.267 e. The Hall–Kier alpha value is -0.980. The SMILES string of the molecule is Cc1nc(C)c(C(=O)Nc2cnc(Cl)c(Br)c2)s1. The molecule has 0 aliphatic heterocycles. The fourth-order valence-corrected chi connectivity index (χ4v) is 2.69. The molecule has 18 heavy (non-hydrogen) atoms. The van der Waals surface area contributed by atoms with Crippen molar-refractivity contribution in [3.63, 3.8) is 0 Å². The fraction of sp³-hybridized carbons (Fsp3) is 0.182. The minimum atomic E-state index is -0.186. The van der Waals surface area contributed by atoms with Crippen LogP contribution in [-0.2, 0) is 0 Å². The summed E-state index contributed by atoms with van der Waals surface area (Å²) in [5, 5.41) is 3.99. The van der Waals surface area contributed by atoms with Crippen LogP contribution in [0.2, 0.25) is 5.15 Å². The number of carbonyl (C=O) groups excluding carboxylic acids is 1. The number of pyridine rings is 1. The van der Waals surface area contributed by atoms with Crippen LogP contribution in [0.5, 0.6) is 0 Å². The summed E-state index contributed by atoms with van der Waals surface area (Å²) in [6.07, 6.45) is 1.51. The molecule has 2 aromatic rings. The topological polar surface area (TPSA) is 54.9 Å². The largest absolute Gasteiger partial charge is 0.320 e. The Morgan fingerprint density at radius 1 is 1.50 bits per heavy atom. The van der Waals surface area contributed by atoms with E-state index in [1.54, 1.807) is 6.07 Å². The van der Waals surface area contributed by atoms with Crippen molar-refractivity contribution in [2.24, 2.45) is 0 Å². The number of carbonyl (C=O) groups is 1. The van der Waals surface area contributed by atoms with Crippen molar-refractivity contribution < 1.29 is 4.79 Å². The van der Waals surface area contributed by atoms with Crippen LogP contribution in [0.4, 0.5) is 5.69 Å². The first-order valence-corrected chi connectivity index (χ1v) is 7.02. The molecule has 4 nitrogen and oxygen atoms in total. The molecule has 0 saturated carbocycles. The number of rotatable bonds is 2. The van der Waals surface area contributed by atoms with Crippen LogP contribution < -0.4 is 5.32 Å². The van der Waals surface area contributed by atoms with E-state index in [1.165, 1.54) is 17.5 Å². The van der Waals surface area contributed by atoms with E-state index in [0.717, 1.165) is 10.7 Å². The minimum absolute atomic E-state index is 0.186. The summed E-state index contributed by atoms with van der Waals surface area (Å²) < 4.78 is 0.638. The summed E-state index contributed by atoms with van der Waals surface area (Å²) >= 11 is 10.4. The summed E-state index contributed by atoms with van der Waals surface area (Å²) in [6, 6.07) is 1.70. The zero-order valence-corrected chi connectivity index (χ0v) is 12.8. The molecule has 0 saturated heterocycles. The molecule has 0 unspecified atom stereocenters. The summed E-state index contributed by atoms with van der Waals surface area (Å²) in [5.74, 6) is -0.186. The predicted molar refractivity (Wildman–Crippen MR) is 76.5 cm³/mol. The van der Waals surface area contributed by atoms with Gasteiger partial charge in [-0.2, -0.15) is 0 Å². The van der Waals surface area contributed by atoms with E-state index in [0.29, 0.717) is 20.2 Å². The van der Waals surface area contributed by atoms with Crippen LogP contribution in [0.25, 0.3) is 0 Å². The molecule has 0 aromatic carbocycles. The molecular weight excluding hydrogens is 338 g/mol. The minimum Gasteiger partial charge on any atom is -0.320 e. The highest BCUT2D eigenvalue weighted by atomic mass is 79.9. The predicted octanol–water partition coefficient (Wildman–Crippen LogP) is 3.82. The van der Waals surface area contributed by atoms with Crippen molar-refractivity contribution >= 4 is 50.5 Å². The molecule has 0 atom stereocenters. The first-order valence-electron chi connectivity index (χ1n) is 5.04. The lowest BCUT2D eigenvalue weighted by atomic mass is 10.3. The third-order valence-electron chi connectivity index (χ3n) is 2.16. The summed E-state index contributed by atoms with van der Waals surface area (Å²) in [4.78, 5) is 20.8. The van der Waals surface area contributed by atoms with Crippen LogP contribution in [0, 0.1) is 13.8 Å². The van der Waals surface area contributed by atoms with E-state index in [4.69, 9.17) is 11.6 Å². The van der Waals surface area contributed by atoms with E-state index < -0.39 is 0 Å². The molecule has 0 aliphatic rings. The van der Waals surface area contributed by atoms with Gasteiger partial charge in [0.05, 0.1) is 27.1 Å². The number of halogens is 2. The molecule has 1 N–H and O–H groups in total. The van der Waals surface area contributed by atoms with E-state index in [1.807, 2.05) is 13.8 Å². The van der Waals surface area contributed by atoms with Gasteiger partial charge in [-0.3, -0.25) is 4.79 Å². The van der Waals surface area contributed by atoms with E-state index >= 15 is 0 Å². The van der Waals surface area contributed by atoms with Crippen LogP contribution in [0.15, 0.2) is 16.7 Å². The molecular formula is C11H9BrClN3OS. The van der Waals surface area contributed by atoms with E-state index in [-0.39, 0.29) is 5.91 Å². The summed E-state index contributed by atoms with van der Waals surface area (Å²) in [6.45, 7) is 3.68. The molecule has 0 spiro atoms. The Bertz CT molecular complexity index is 614. The Morgan fingerprint density at radius 3 is 2.78 bits per heavy atom. The molecule has 2 aromatic heterocycles. The Balaban J connectivity index is 2.21. The lowest BCUT2D eigenvalue weighted by Crippen LogP contribution is -2.11. The quantitative estimate of drug-likeness (QED) is 0.841. The molecule has 0 aliphatic carbocycles. The molecule has 94 valence electrons. The van der Waals surface area contributed by atoms with Crippen molar-refractivity contribution in [2.45, 2.75) is 13.8 Å². The maximum absolute atomic E-state index is 12.0. The fourth-order valence-electron chi connectivity index (χ4n) is 1.42. The first-order chi connectivity index (χ1) is 8.47. The first kappa shape index (κ1) is 13.5. The molecule has 0 bridgehead atoms. The van der Waals surface area contributed by atoms with Gasteiger partial charge in [-0.05, 0) is 35.8 Å². The second kappa shape index (κ2) is 5.34. The Labute approximate surface area is 122 Å². The number of aromatic nitrogens is 2. The lowest BCUT2D eigenvalue weighted by molar-refractivity contribution is 0.103. The van der Waals surface area contributed by atoms with Crippen LogP contribution in [0.3, 0.4) is 0 Å².